The lowest BCUT2D eigenvalue weighted by Gasteiger charge is -2.10. The molecule has 4 aromatic carbocycles. The molecule has 28 nitrogen and oxygen atoms in total. The van der Waals surface area contributed by atoms with Crippen LogP contribution in [0.15, 0.2) is 92.4 Å². The van der Waals surface area contributed by atoms with Gasteiger partial charge in [0.05, 0.1) is 65.6 Å². The van der Waals surface area contributed by atoms with Crippen LogP contribution < -0.4 is 0 Å². The average Bonchev–Trinajstić information content (AvgIpc) is 4.15. The van der Waals surface area contributed by atoms with E-state index in [1.165, 1.54) is 48.5 Å². The minimum atomic E-state index is -4.64. The summed E-state index contributed by atoms with van der Waals surface area (Å²) in [5.41, 5.74) is -1.94. The van der Waals surface area contributed by atoms with Crippen LogP contribution >= 0.6 is 0 Å². The molecule has 0 atom stereocenters. The number of aromatic amines is 2. The second-order valence-electron chi connectivity index (χ2n) is 18.2. The Balaban J connectivity index is 1.44. The Morgan fingerprint density at radius 3 is 0.975 bits per heavy atom. The van der Waals surface area contributed by atoms with Crippen LogP contribution in [0.5, 0.6) is 0 Å². The molecule has 6 N–H and O–H groups in total. The molecule has 8 bridgehead atoms. The number of rotatable bonds is 20. The summed E-state index contributed by atoms with van der Waals surface area (Å²) in [5, 5.41) is -0.525. The smallest absolute Gasteiger partial charge is 0.264 e. The van der Waals surface area contributed by atoms with Crippen molar-refractivity contribution in [2.24, 2.45) is 0 Å². The summed E-state index contributed by atoms with van der Waals surface area (Å²) in [7, 11) is -36.7. The van der Waals surface area contributed by atoms with Gasteiger partial charge < -0.3 is 9.97 Å². The van der Waals surface area contributed by atoms with Gasteiger partial charge in [-0.2, -0.15) is 33.7 Å². The Bertz CT molecular complexity index is 4920. The van der Waals surface area contributed by atoms with E-state index in [9.17, 15) is 85.6 Å². The van der Waals surface area contributed by atoms with Crippen molar-refractivity contribution >= 4 is 124 Å². The highest BCUT2D eigenvalue weighted by Gasteiger charge is 2.34. The molecule has 0 radical (unpaired) electrons. The molecule has 0 aliphatic carbocycles. The maximum absolute atomic E-state index is 14.3. The molecule has 0 spiro atoms. The second-order valence-corrected chi connectivity index (χ2v) is 32.8. The molecule has 0 fully saturated rings. The highest BCUT2D eigenvalue weighted by atomic mass is 32.2. The molecule has 0 unspecified atom stereocenters. The highest BCUT2D eigenvalue weighted by Crippen LogP contribution is 2.43. The van der Waals surface area contributed by atoms with Crippen LogP contribution in [0.1, 0.15) is 25.7 Å². The standard InChI is InChI=1S/C44H42N8O20S8/c53-73(54,17-5-21-77(61,62)63)29-13-1-9-25-33(29)41-45-37(25)49-42-34-26(10-2-14-30(34)74(55,56)18-6-22-78(64,65)66)39(46-42)51-44-36-28(12-4-16-32(36)76(59,60)20-8-24-80(70,71)72)40(48-44)52-43-35-27(38(47-43)50-41)11-3-15-31(35)75(57,58)19-7-23-79(67,68)69/h1-4,9-16H,5-8,17-24H2,(H,61,62,63)(H,64,65,66)(H,67,68,69)(H,70,71,72)(H2,45,46,47,48,49,50,51,52). The summed E-state index contributed by atoms with van der Waals surface area (Å²) < 4.78 is 245. The normalized spacial score (nSPS) is 13.7. The first-order valence-electron chi connectivity index (χ1n) is 23.2. The van der Waals surface area contributed by atoms with Gasteiger partial charge in [-0.3, -0.25) is 18.2 Å². The number of nitrogens with zero attached hydrogens (tertiary/aromatic N) is 6. The Kier molecular flexibility index (Phi) is 15.2. The lowest BCUT2D eigenvalue weighted by molar-refractivity contribution is 0.479. The number of benzene rings is 4. The van der Waals surface area contributed by atoms with E-state index in [0.717, 1.165) is 24.3 Å². The molecule has 3 aromatic heterocycles. The fourth-order valence-corrected chi connectivity index (χ4v) is 18.0. The van der Waals surface area contributed by atoms with Crippen LogP contribution in [-0.4, -0.2) is 171 Å². The van der Waals surface area contributed by atoms with Crippen molar-refractivity contribution in [2.75, 3.05) is 46.0 Å². The third-order valence-electron chi connectivity index (χ3n) is 12.4. The van der Waals surface area contributed by atoms with E-state index in [1.54, 1.807) is 0 Å². The molecule has 2 aliphatic rings. The molecule has 80 heavy (non-hydrogen) atoms. The van der Waals surface area contributed by atoms with Gasteiger partial charge in [-0.15, -0.1) is 0 Å². The van der Waals surface area contributed by atoms with Gasteiger partial charge >= 0.3 is 0 Å². The first-order valence-corrected chi connectivity index (χ1v) is 36.2. The first kappa shape index (κ1) is 58.3. The molecular weight excluding hydrogens is 1220 g/mol. The first-order chi connectivity index (χ1) is 37.1. The van der Waals surface area contributed by atoms with Gasteiger partial charge in [0.15, 0.2) is 62.6 Å². The maximum Gasteiger partial charge on any atom is 0.264 e. The maximum atomic E-state index is 14.3. The van der Waals surface area contributed by atoms with E-state index in [4.69, 9.17) is 15.0 Å². The molecule has 426 valence electrons. The zero-order valence-electron chi connectivity index (χ0n) is 40.7. The lowest BCUT2D eigenvalue weighted by atomic mass is 10.1. The van der Waals surface area contributed by atoms with Crippen LogP contribution in [0, 0.1) is 0 Å². The molecule has 0 saturated heterocycles. The summed E-state index contributed by atoms with van der Waals surface area (Å²) >= 11 is 0. The minimum Gasteiger partial charge on any atom is -0.324 e. The summed E-state index contributed by atoms with van der Waals surface area (Å²) in [6.07, 6.45) is -2.33. The van der Waals surface area contributed by atoms with Crippen molar-refractivity contribution in [1.29, 1.82) is 0 Å². The van der Waals surface area contributed by atoms with E-state index < -0.39 is 183 Å². The topological polar surface area (TPSA) is 463 Å². The summed E-state index contributed by atoms with van der Waals surface area (Å²) in [4.78, 5) is 32.0. The predicted molar refractivity (Wildman–Crippen MR) is 288 cm³/mol. The molecule has 0 saturated carbocycles. The number of aromatic nitrogens is 8. The van der Waals surface area contributed by atoms with Crippen LogP contribution in [0.3, 0.4) is 0 Å². The minimum absolute atomic E-state index is 0.0433. The van der Waals surface area contributed by atoms with Gasteiger partial charge in [0.25, 0.3) is 40.5 Å². The van der Waals surface area contributed by atoms with Crippen LogP contribution in [0.25, 0.3) is 89.7 Å². The average molecular weight is 1260 g/mol. The van der Waals surface area contributed by atoms with E-state index in [1.807, 2.05) is 0 Å². The van der Waals surface area contributed by atoms with E-state index in [0.29, 0.717) is 0 Å². The van der Waals surface area contributed by atoms with Gasteiger partial charge in [0.1, 0.15) is 22.6 Å². The number of nitrogens with one attached hydrogen (secondary N) is 2. The van der Waals surface area contributed by atoms with Gasteiger partial charge in [-0.1, -0.05) is 48.5 Å². The predicted octanol–water partition coefficient (Wildman–Crippen LogP) is 3.08. The molecule has 9 rings (SSSR count). The quantitative estimate of drug-likeness (QED) is 0.0597. The third-order valence-corrected chi connectivity index (χ3v) is 23.0. The van der Waals surface area contributed by atoms with Crippen LogP contribution in [0.4, 0.5) is 0 Å². The van der Waals surface area contributed by atoms with Gasteiger partial charge in [0, 0.05) is 43.8 Å². The summed E-state index contributed by atoms with van der Waals surface area (Å²) in [6, 6.07) is 15.2. The second kappa shape index (κ2) is 20.9. The van der Waals surface area contributed by atoms with Crippen molar-refractivity contribution < 1.29 is 85.6 Å². The number of sulfone groups is 4. The van der Waals surface area contributed by atoms with Gasteiger partial charge in [-0.25, -0.2) is 63.6 Å². The Morgan fingerprint density at radius 2 is 0.600 bits per heavy atom. The summed E-state index contributed by atoms with van der Waals surface area (Å²) in [5.74, 6) is -8.86. The number of fused-ring (bicyclic) bond motifs is 20. The van der Waals surface area contributed by atoms with E-state index in [-0.39, 0.29) is 78.0 Å². The van der Waals surface area contributed by atoms with Crippen molar-refractivity contribution in [3.8, 4) is 45.6 Å². The number of hydrogen-bond donors (Lipinski definition) is 6. The van der Waals surface area contributed by atoms with E-state index >= 15 is 0 Å². The molecule has 0 amide bonds. The molecule has 2 aliphatic heterocycles. The summed E-state index contributed by atoms with van der Waals surface area (Å²) in [6.45, 7) is 0. The molecule has 7 aromatic rings. The van der Waals surface area contributed by atoms with Gasteiger partial charge in [0.2, 0.25) is 0 Å². The monoisotopic (exact) mass is 1260 g/mol. The largest absolute Gasteiger partial charge is 0.324 e. The van der Waals surface area contributed by atoms with Crippen LogP contribution in [0.2, 0.25) is 0 Å². The van der Waals surface area contributed by atoms with Crippen molar-refractivity contribution in [3.05, 3.63) is 72.8 Å². The SMILES string of the molecule is O=S(=O)(O)CCCS(=O)(=O)c1cccc2c1-c1nc3nc(nc4[nH]c(nc5[nH]c(nc-2n1)c1c(S(=O)(=O)CCCS(=O)(=O)O)cccc51)c1c(S(=O)(=O)CCCS(=O)(=O)O)cccc41)-c1c-3cccc1S(=O)(=O)CCCS(=O)(=O)O. The van der Waals surface area contributed by atoms with Crippen molar-refractivity contribution in [1.82, 2.24) is 39.9 Å². The van der Waals surface area contributed by atoms with Crippen molar-refractivity contribution in [2.45, 2.75) is 45.3 Å². The van der Waals surface area contributed by atoms with E-state index in [2.05, 4.69) is 24.9 Å². The fraction of sp³-hybridized carbons (Fsp3) is 0.273. The zero-order valence-corrected chi connectivity index (χ0v) is 47.2. The van der Waals surface area contributed by atoms with Gasteiger partial charge in [-0.05, 0) is 49.9 Å². The van der Waals surface area contributed by atoms with Crippen LogP contribution in [-0.2, 0) is 79.8 Å². The molecular formula is C44H42N8O20S8. The fourth-order valence-electron chi connectivity index (χ4n) is 9.06. The molecule has 5 heterocycles. The Hall–Kier alpha value is -6.32. The third kappa shape index (κ3) is 12.4. The number of hydrogen-bond acceptors (Lipinski definition) is 22. The van der Waals surface area contributed by atoms with Crippen molar-refractivity contribution in [3.63, 3.8) is 0 Å². The number of H-pyrrole nitrogens is 2. The zero-order chi connectivity index (χ0) is 58.2. The molecule has 36 heteroatoms. The lowest BCUT2D eigenvalue weighted by Crippen LogP contribution is -2.13. The highest BCUT2D eigenvalue weighted by molar-refractivity contribution is 7.93. The Labute approximate surface area is 455 Å². The Morgan fingerprint density at radius 1 is 0.312 bits per heavy atom.